The first kappa shape index (κ1) is 16.6. The number of nitro benzene ring substituents is 1. The Bertz CT molecular complexity index is 627. The number of nitrogens with zero attached hydrogens (tertiary/aromatic N) is 1. The highest BCUT2D eigenvalue weighted by Gasteiger charge is 2.04. The summed E-state index contributed by atoms with van der Waals surface area (Å²) in [4.78, 5) is 10.1. The molecule has 0 heterocycles. The smallest absolute Gasteiger partial charge is 0.269 e. The lowest BCUT2D eigenvalue weighted by atomic mass is 10.3. The Labute approximate surface area is 134 Å². The molecule has 0 atom stereocenters. The van der Waals surface area contributed by atoms with E-state index in [1.807, 2.05) is 24.3 Å². The number of nitro groups is 1. The normalized spacial score (nSPS) is 10.1. The van der Waals surface area contributed by atoms with Crippen molar-refractivity contribution in [2.24, 2.45) is 0 Å². The van der Waals surface area contributed by atoms with Crippen LogP contribution < -0.4 is 14.2 Å². The average molecular weight is 317 g/mol. The molecule has 122 valence electrons. The molecule has 0 unspecified atom stereocenters. The van der Waals surface area contributed by atoms with E-state index in [-0.39, 0.29) is 5.69 Å². The second-order valence-electron chi connectivity index (χ2n) is 4.81. The third kappa shape index (κ3) is 5.18. The summed E-state index contributed by atoms with van der Waals surface area (Å²) in [5.41, 5.74) is 0.0579. The summed E-state index contributed by atoms with van der Waals surface area (Å²) in [6, 6.07) is 13.6. The largest absolute Gasteiger partial charge is 0.494 e. The van der Waals surface area contributed by atoms with Gasteiger partial charge in [0.2, 0.25) is 0 Å². The van der Waals surface area contributed by atoms with Crippen molar-refractivity contribution >= 4 is 5.69 Å². The van der Waals surface area contributed by atoms with E-state index in [2.05, 4.69) is 0 Å². The van der Waals surface area contributed by atoms with E-state index in [0.29, 0.717) is 19.0 Å². The molecule has 0 N–H and O–H groups in total. The van der Waals surface area contributed by atoms with E-state index < -0.39 is 4.92 Å². The van der Waals surface area contributed by atoms with Crippen molar-refractivity contribution < 1.29 is 19.1 Å². The molecule has 2 aromatic carbocycles. The molecule has 0 fully saturated rings. The first-order valence-electron chi connectivity index (χ1n) is 7.34. The lowest BCUT2D eigenvalue weighted by Gasteiger charge is -2.10. The number of rotatable bonds is 9. The molecule has 0 amide bonds. The molecule has 0 saturated carbocycles. The van der Waals surface area contributed by atoms with Crippen LogP contribution in [0.5, 0.6) is 17.2 Å². The van der Waals surface area contributed by atoms with E-state index in [1.54, 1.807) is 19.2 Å². The number of unbranched alkanes of at least 4 members (excludes halogenated alkanes) is 1. The minimum atomic E-state index is -0.432. The fourth-order valence-corrected chi connectivity index (χ4v) is 1.98. The van der Waals surface area contributed by atoms with Gasteiger partial charge in [-0.25, -0.2) is 0 Å². The van der Waals surface area contributed by atoms with Crippen molar-refractivity contribution in [2.45, 2.75) is 12.8 Å². The fraction of sp³-hybridized carbons (Fsp3) is 0.294. The Morgan fingerprint density at radius 2 is 1.52 bits per heavy atom. The molecule has 0 aromatic heterocycles. The van der Waals surface area contributed by atoms with E-state index >= 15 is 0 Å². The van der Waals surface area contributed by atoms with Gasteiger partial charge in [0.1, 0.15) is 5.75 Å². The summed E-state index contributed by atoms with van der Waals surface area (Å²) in [6.45, 7) is 1.11. The van der Waals surface area contributed by atoms with Gasteiger partial charge in [-0.15, -0.1) is 0 Å². The molecule has 2 aromatic rings. The molecule has 2 rings (SSSR count). The lowest BCUT2D eigenvalue weighted by molar-refractivity contribution is -0.384. The van der Waals surface area contributed by atoms with Gasteiger partial charge in [0.25, 0.3) is 5.69 Å². The molecule has 0 aliphatic rings. The van der Waals surface area contributed by atoms with Gasteiger partial charge in [0.05, 0.1) is 25.2 Å². The predicted molar refractivity (Wildman–Crippen MR) is 86.3 cm³/mol. The van der Waals surface area contributed by atoms with Gasteiger partial charge in [-0.1, -0.05) is 12.1 Å². The third-order valence-electron chi connectivity index (χ3n) is 3.18. The first-order chi connectivity index (χ1) is 11.2. The van der Waals surface area contributed by atoms with Crippen molar-refractivity contribution in [3.63, 3.8) is 0 Å². The number of hydrogen-bond donors (Lipinski definition) is 0. The summed E-state index contributed by atoms with van der Waals surface area (Å²) in [5, 5.41) is 10.5. The monoisotopic (exact) mass is 317 g/mol. The zero-order chi connectivity index (χ0) is 16.5. The van der Waals surface area contributed by atoms with E-state index in [4.69, 9.17) is 14.2 Å². The maximum absolute atomic E-state index is 10.5. The van der Waals surface area contributed by atoms with Crippen LogP contribution in [0.1, 0.15) is 12.8 Å². The molecule has 0 spiro atoms. The SMILES string of the molecule is COc1ccccc1OCCCCOc1ccc([N+](=O)[O-])cc1. The van der Waals surface area contributed by atoms with Crippen molar-refractivity contribution in [2.75, 3.05) is 20.3 Å². The first-order valence-corrected chi connectivity index (χ1v) is 7.34. The lowest BCUT2D eigenvalue weighted by Crippen LogP contribution is -2.03. The van der Waals surface area contributed by atoms with Gasteiger partial charge in [-0.3, -0.25) is 10.1 Å². The highest BCUT2D eigenvalue weighted by atomic mass is 16.6. The van der Waals surface area contributed by atoms with Crippen LogP contribution in [0.25, 0.3) is 0 Å². The average Bonchev–Trinajstić information content (AvgIpc) is 2.58. The van der Waals surface area contributed by atoms with Crippen molar-refractivity contribution in [1.82, 2.24) is 0 Å². The second-order valence-corrected chi connectivity index (χ2v) is 4.81. The van der Waals surface area contributed by atoms with Gasteiger partial charge < -0.3 is 14.2 Å². The topological polar surface area (TPSA) is 70.8 Å². The standard InChI is InChI=1S/C17H19NO5/c1-21-16-6-2-3-7-17(16)23-13-5-4-12-22-15-10-8-14(9-11-15)18(19)20/h2-3,6-11H,4-5,12-13H2,1H3. The Morgan fingerprint density at radius 1 is 0.913 bits per heavy atom. The zero-order valence-corrected chi connectivity index (χ0v) is 12.9. The number of hydrogen-bond acceptors (Lipinski definition) is 5. The number of benzene rings is 2. The molecule has 6 nitrogen and oxygen atoms in total. The van der Waals surface area contributed by atoms with Gasteiger partial charge in [0.15, 0.2) is 11.5 Å². The predicted octanol–water partition coefficient (Wildman–Crippen LogP) is 3.84. The van der Waals surface area contributed by atoms with E-state index in [9.17, 15) is 10.1 Å². The maximum atomic E-state index is 10.5. The van der Waals surface area contributed by atoms with E-state index in [1.165, 1.54) is 12.1 Å². The minimum absolute atomic E-state index is 0.0579. The minimum Gasteiger partial charge on any atom is -0.494 e. The summed E-state index contributed by atoms with van der Waals surface area (Å²) in [5.74, 6) is 2.07. The molecule has 6 heteroatoms. The number of para-hydroxylation sites is 2. The number of non-ortho nitro benzene ring substituents is 1. The van der Waals surface area contributed by atoms with E-state index in [0.717, 1.165) is 24.3 Å². The van der Waals surface area contributed by atoms with Crippen LogP contribution in [0.15, 0.2) is 48.5 Å². The Kier molecular flexibility index (Phi) is 6.23. The molecule has 0 bridgehead atoms. The Hall–Kier alpha value is -2.76. The zero-order valence-electron chi connectivity index (χ0n) is 12.9. The van der Waals surface area contributed by atoms with Crippen LogP contribution in [0, 0.1) is 10.1 Å². The third-order valence-corrected chi connectivity index (χ3v) is 3.18. The van der Waals surface area contributed by atoms with Crippen LogP contribution in [0.4, 0.5) is 5.69 Å². The molecular weight excluding hydrogens is 298 g/mol. The van der Waals surface area contributed by atoms with Crippen LogP contribution >= 0.6 is 0 Å². The van der Waals surface area contributed by atoms with Crippen LogP contribution in [-0.4, -0.2) is 25.2 Å². The highest BCUT2D eigenvalue weighted by molar-refractivity contribution is 5.39. The molecule has 0 aliphatic carbocycles. The number of methoxy groups -OCH3 is 1. The number of ether oxygens (including phenoxy) is 3. The molecule has 0 aliphatic heterocycles. The molecule has 23 heavy (non-hydrogen) atoms. The maximum Gasteiger partial charge on any atom is 0.269 e. The summed E-state index contributed by atoms with van der Waals surface area (Å²) >= 11 is 0. The van der Waals surface area contributed by atoms with Crippen LogP contribution in [0.3, 0.4) is 0 Å². The second kappa shape index (κ2) is 8.63. The van der Waals surface area contributed by atoms with Crippen LogP contribution in [0.2, 0.25) is 0 Å². The molecular formula is C17H19NO5. The van der Waals surface area contributed by atoms with Crippen molar-refractivity contribution in [3.8, 4) is 17.2 Å². The summed E-state index contributed by atoms with van der Waals surface area (Å²) < 4.78 is 16.4. The fourth-order valence-electron chi connectivity index (χ4n) is 1.98. The molecule has 0 saturated heterocycles. The quantitative estimate of drug-likeness (QED) is 0.399. The van der Waals surface area contributed by atoms with Gasteiger partial charge in [-0.2, -0.15) is 0 Å². The Morgan fingerprint density at radius 3 is 2.13 bits per heavy atom. The summed E-state index contributed by atoms with van der Waals surface area (Å²) in [6.07, 6.45) is 1.66. The molecule has 0 radical (unpaired) electrons. The van der Waals surface area contributed by atoms with Gasteiger partial charge >= 0.3 is 0 Å². The summed E-state index contributed by atoms with van der Waals surface area (Å²) in [7, 11) is 1.61. The van der Waals surface area contributed by atoms with Gasteiger partial charge in [0, 0.05) is 12.1 Å². The van der Waals surface area contributed by atoms with Crippen molar-refractivity contribution in [1.29, 1.82) is 0 Å². The Balaban J connectivity index is 1.65. The highest BCUT2D eigenvalue weighted by Crippen LogP contribution is 2.25. The van der Waals surface area contributed by atoms with Crippen molar-refractivity contribution in [3.05, 3.63) is 58.6 Å². The van der Waals surface area contributed by atoms with Crippen LogP contribution in [-0.2, 0) is 0 Å². The van der Waals surface area contributed by atoms with Gasteiger partial charge in [-0.05, 0) is 37.1 Å².